The van der Waals surface area contributed by atoms with E-state index in [0.29, 0.717) is 26.7 Å². The lowest BCUT2D eigenvalue weighted by atomic mass is 10.1. The van der Waals surface area contributed by atoms with Gasteiger partial charge in [-0.3, -0.25) is 4.79 Å². The van der Waals surface area contributed by atoms with Crippen LogP contribution in [0, 0.1) is 6.92 Å². The van der Waals surface area contributed by atoms with Crippen LogP contribution in [0.25, 0.3) is 11.0 Å². The molecule has 0 aliphatic carbocycles. The molecule has 1 aromatic heterocycles. The van der Waals surface area contributed by atoms with Crippen molar-refractivity contribution in [3.63, 3.8) is 0 Å². The highest BCUT2D eigenvalue weighted by molar-refractivity contribution is 6.33. The number of anilines is 1. The fraction of sp³-hybridized carbons (Fsp3) is 0.158. The van der Waals surface area contributed by atoms with Crippen LogP contribution in [0.1, 0.15) is 12.5 Å². The molecule has 2 aromatic carbocycles. The molecule has 0 unspecified atom stereocenters. The summed E-state index contributed by atoms with van der Waals surface area (Å²) in [7, 11) is 0. The summed E-state index contributed by atoms with van der Waals surface area (Å²) in [5.74, 6) is -0.115. The van der Waals surface area contributed by atoms with E-state index < -0.39 is 11.7 Å². The molecule has 0 saturated carbocycles. The predicted octanol–water partition coefficient (Wildman–Crippen LogP) is 4.81. The van der Waals surface area contributed by atoms with Crippen LogP contribution < -0.4 is 15.7 Å². The third-order valence-corrected chi connectivity index (χ3v) is 4.30. The molecular weight excluding hydrogens is 377 g/mol. The van der Waals surface area contributed by atoms with Gasteiger partial charge in [0.05, 0.1) is 5.02 Å². The summed E-state index contributed by atoms with van der Waals surface area (Å²) in [6.45, 7) is 3.38. The first-order chi connectivity index (χ1) is 12.3. The van der Waals surface area contributed by atoms with Gasteiger partial charge in [0, 0.05) is 28.2 Å². The Bertz CT molecular complexity index is 1050. The number of ether oxygens (including phenoxy) is 1. The van der Waals surface area contributed by atoms with Crippen LogP contribution in [0.15, 0.2) is 51.7 Å². The molecule has 5 nitrogen and oxygen atoms in total. The number of fused-ring (bicyclic) bond motifs is 1. The van der Waals surface area contributed by atoms with Crippen LogP contribution in [0.3, 0.4) is 0 Å². The molecule has 1 N–H and O–H groups in total. The molecule has 134 valence electrons. The van der Waals surface area contributed by atoms with Crippen molar-refractivity contribution in [1.82, 2.24) is 0 Å². The first kappa shape index (κ1) is 18.3. The molecule has 0 spiro atoms. The number of carbonyl (C=O) groups excluding carboxylic acids is 1. The van der Waals surface area contributed by atoms with Crippen molar-refractivity contribution in [1.29, 1.82) is 0 Å². The standard InChI is InChI=1S/C19H15Cl2NO4/c1-10-6-18(23)26-16-9-17(15(21)8-14(10)16)25-11(2)19(24)22-13-5-3-4-12(20)7-13/h3-9,11H,1-2H3,(H,22,24)/t11-/m1/s1. The van der Waals surface area contributed by atoms with Crippen LogP contribution in [-0.4, -0.2) is 12.0 Å². The smallest absolute Gasteiger partial charge is 0.336 e. The molecule has 0 aliphatic rings. The van der Waals surface area contributed by atoms with Crippen molar-refractivity contribution in [3.8, 4) is 5.75 Å². The normalized spacial score (nSPS) is 12.0. The maximum atomic E-state index is 12.3. The van der Waals surface area contributed by atoms with Crippen LogP contribution in [0.5, 0.6) is 5.75 Å². The minimum absolute atomic E-state index is 0.252. The van der Waals surface area contributed by atoms with Crippen LogP contribution >= 0.6 is 23.2 Å². The van der Waals surface area contributed by atoms with Gasteiger partial charge in [-0.25, -0.2) is 4.79 Å². The SMILES string of the molecule is Cc1cc(=O)oc2cc(O[C@H](C)C(=O)Nc3cccc(Cl)c3)c(Cl)cc12. The highest BCUT2D eigenvalue weighted by Crippen LogP contribution is 2.31. The van der Waals surface area contributed by atoms with Crippen LogP contribution in [0.4, 0.5) is 5.69 Å². The van der Waals surface area contributed by atoms with E-state index in [2.05, 4.69) is 5.32 Å². The van der Waals surface area contributed by atoms with E-state index in [4.69, 9.17) is 32.4 Å². The van der Waals surface area contributed by atoms with Gasteiger partial charge in [0.1, 0.15) is 11.3 Å². The van der Waals surface area contributed by atoms with E-state index in [0.717, 1.165) is 5.56 Å². The van der Waals surface area contributed by atoms with Gasteiger partial charge in [-0.2, -0.15) is 0 Å². The van der Waals surface area contributed by atoms with Crippen molar-refractivity contribution in [2.45, 2.75) is 20.0 Å². The summed E-state index contributed by atoms with van der Waals surface area (Å²) >= 11 is 12.2. The number of hydrogen-bond donors (Lipinski definition) is 1. The Labute approximate surface area is 159 Å². The molecule has 0 bridgehead atoms. The lowest BCUT2D eigenvalue weighted by Gasteiger charge is -2.16. The summed E-state index contributed by atoms with van der Waals surface area (Å²) < 4.78 is 10.8. The number of hydrogen-bond acceptors (Lipinski definition) is 4. The zero-order valence-electron chi connectivity index (χ0n) is 14.0. The number of carbonyl (C=O) groups is 1. The number of rotatable bonds is 4. The lowest BCUT2D eigenvalue weighted by Crippen LogP contribution is -2.30. The maximum Gasteiger partial charge on any atom is 0.336 e. The molecule has 0 fully saturated rings. The molecular formula is C19H15Cl2NO4. The van der Waals surface area contributed by atoms with Crippen molar-refractivity contribution in [2.75, 3.05) is 5.32 Å². The molecule has 1 heterocycles. The van der Waals surface area contributed by atoms with Crippen molar-refractivity contribution in [2.24, 2.45) is 0 Å². The quantitative estimate of drug-likeness (QED) is 0.647. The van der Waals surface area contributed by atoms with Gasteiger partial charge in [0.15, 0.2) is 6.10 Å². The highest BCUT2D eigenvalue weighted by Gasteiger charge is 2.18. The van der Waals surface area contributed by atoms with E-state index in [1.807, 2.05) is 0 Å². The monoisotopic (exact) mass is 391 g/mol. The number of halogens is 2. The molecule has 1 amide bonds. The molecule has 3 aromatic rings. The van der Waals surface area contributed by atoms with E-state index in [1.54, 1.807) is 44.2 Å². The fourth-order valence-electron chi connectivity index (χ4n) is 2.46. The number of benzene rings is 2. The van der Waals surface area contributed by atoms with E-state index in [9.17, 15) is 9.59 Å². The fourth-order valence-corrected chi connectivity index (χ4v) is 2.86. The van der Waals surface area contributed by atoms with Gasteiger partial charge in [-0.1, -0.05) is 29.3 Å². The molecule has 7 heteroatoms. The van der Waals surface area contributed by atoms with Gasteiger partial charge in [0.25, 0.3) is 5.91 Å². The lowest BCUT2D eigenvalue weighted by molar-refractivity contribution is -0.122. The first-order valence-electron chi connectivity index (χ1n) is 7.80. The largest absolute Gasteiger partial charge is 0.479 e. The van der Waals surface area contributed by atoms with Crippen LogP contribution in [-0.2, 0) is 4.79 Å². The second-order valence-electron chi connectivity index (χ2n) is 5.79. The topological polar surface area (TPSA) is 68.5 Å². The minimum Gasteiger partial charge on any atom is -0.479 e. The molecule has 3 rings (SSSR count). The summed E-state index contributed by atoms with van der Waals surface area (Å²) in [5.41, 5.74) is 1.19. The Morgan fingerprint density at radius 3 is 2.69 bits per heavy atom. The molecule has 0 radical (unpaired) electrons. The van der Waals surface area contributed by atoms with Crippen molar-refractivity contribution >= 4 is 45.8 Å². The van der Waals surface area contributed by atoms with Crippen LogP contribution in [0.2, 0.25) is 10.0 Å². The number of aryl methyl sites for hydroxylation is 1. The zero-order chi connectivity index (χ0) is 18.8. The van der Waals surface area contributed by atoms with Gasteiger partial charge < -0.3 is 14.5 Å². The zero-order valence-corrected chi connectivity index (χ0v) is 15.5. The Hall–Kier alpha value is -2.50. The summed E-state index contributed by atoms with van der Waals surface area (Å²) in [5, 5.41) is 4.25. The molecule has 1 atom stereocenters. The Kier molecular flexibility index (Phi) is 5.20. The van der Waals surface area contributed by atoms with Crippen molar-refractivity contribution < 1.29 is 13.9 Å². The average Bonchev–Trinajstić information content (AvgIpc) is 2.56. The van der Waals surface area contributed by atoms with Crippen molar-refractivity contribution in [3.05, 3.63) is 68.5 Å². The van der Waals surface area contributed by atoms with Gasteiger partial charge in [-0.05, 0) is 43.7 Å². The maximum absolute atomic E-state index is 12.3. The Morgan fingerprint density at radius 2 is 1.96 bits per heavy atom. The van der Waals surface area contributed by atoms with E-state index in [1.165, 1.54) is 12.1 Å². The third-order valence-electron chi connectivity index (χ3n) is 3.77. The Balaban J connectivity index is 1.82. The predicted molar refractivity (Wildman–Crippen MR) is 102 cm³/mol. The second-order valence-corrected chi connectivity index (χ2v) is 6.63. The summed E-state index contributed by atoms with van der Waals surface area (Å²) in [4.78, 5) is 23.9. The second kappa shape index (κ2) is 7.40. The van der Waals surface area contributed by atoms with Gasteiger partial charge in [0.2, 0.25) is 0 Å². The molecule has 26 heavy (non-hydrogen) atoms. The van der Waals surface area contributed by atoms with E-state index >= 15 is 0 Å². The number of amides is 1. The average molecular weight is 392 g/mol. The van der Waals surface area contributed by atoms with Gasteiger partial charge >= 0.3 is 5.63 Å². The highest BCUT2D eigenvalue weighted by atomic mass is 35.5. The van der Waals surface area contributed by atoms with E-state index in [-0.39, 0.29) is 11.7 Å². The third kappa shape index (κ3) is 4.00. The summed E-state index contributed by atoms with van der Waals surface area (Å²) in [6, 6.07) is 11.3. The minimum atomic E-state index is -0.833. The Morgan fingerprint density at radius 1 is 1.19 bits per heavy atom. The number of nitrogens with one attached hydrogen (secondary N) is 1. The first-order valence-corrected chi connectivity index (χ1v) is 8.56. The van der Waals surface area contributed by atoms with Gasteiger partial charge in [-0.15, -0.1) is 0 Å². The summed E-state index contributed by atoms with van der Waals surface area (Å²) in [6.07, 6.45) is -0.833. The molecule has 0 saturated heterocycles. The molecule has 0 aliphatic heterocycles.